The minimum atomic E-state index is 0.153. The molecule has 3 aromatic rings. The molecule has 1 aliphatic carbocycles. The number of amides is 1. The van der Waals surface area contributed by atoms with E-state index in [-0.39, 0.29) is 5.91 Å². The summed E-state index contributed by atoms with van der Waals surface area (Å²) >= 11 is 0. The zero-order valence-electron chi connectivity index (χ0n) is 17.0. The van der Waals surface area contributed by atoms with Crippen molar-refractivity contribution in [3.8, 4) is 11.4 Å². The minimum Gasteiger partial charge on any atom is -0.339 e. The molecule has 0 saturated heterocycles. The summed E-state index contributed by atoms with van der Waals surface area (Å²) in [6.45, 7) is 5.05. The lowest BCUT2D eigenvalue weighted by atomic mass is 10.0. The molecule has 1 aromatic heterocycles. The summed E-state index contributed by atoms with van der Waals surface area (Å²) in [5, 5.41) is 4.04. The van der Waals surface area contributed by atoms with Crippen LogP contribution in [-0.4, -0.2) is 27.0 Å². The van der Waals surface area contributed by atoms with Gasteiger partial charge in [0.2, 0.25) is 17.6 Å². The first kappa shape index (κ1) is 19.4. The molecule has 0 aliphatic heterocycles. The molecule has 0 radical (unpaired) electrons. The fraction of sp³-hybridized carbons (Fsp3) is 0.375. The Hall–Kier alpha value is -2.95. The fourth-order valence-corrected chi connectivity index (χ4v) is 3.43. The summed E-state index contributed by atoms with van der Waals surface area (Å²) in [4.78, 5) is 19.3. The van der Waals surface area contributed by atoms with Gasteiger partial charge in [-0.05, 0) is 29.9 Å². The molecule has 5 nitrogen and oxygen atoms in total. The average molecular weight is 389 g/mol. The van der Waals surface area contributed by atoms with Gasteiger partial charge in [-0.3, -0.25) is 4.79 Å². The van der Waals surface area contributed by atoms with Crippen molar-refractivity contribution in [1.29, 1.82) is 0 Å². The highest BCUT2D eigenvalue weighted by Crippen LogP contribution is 2.29. The molecule has 1 fully saturated rings. The SMILES string of the molecule is CC(C)c1ccc(CN(C(=O)CCc2nc(-c3ccccc3)no2)C2CC2)cc1. The maximum atomic E-state index is 12.9. The molecule has 0 spiro atoms. The Morgan fingerprint density at radius 1 is 1.10 bits per heavy atom. The molecule has 150 valence electrons. The molecule has 4 rings (SSSR count). The summed E-state index contributed by atoms with van der Waals surface area (Å²) in [5.41, 5.74) is 3.42. The number of carbonyl (C=O) groups excluding carboxylic acids is 1. The Morgan fingerprint density at radius 2 is 1.83 bits per heavy atom. The Kier molecular flexibility index (Phi) is 5.74. The van der Waals surface area contributed by atoms with E-state index in [1.54, 1.807) is 0 Å². The number of carbonyl (C=O) groups is 1. The van der Waals surface area contributed by atoms with Gasteiger partial charge in [0.15, 0.2) is 0 Å². The summed E-state index contributed by atoms with van der Waals surface area (Å²) in [6.07, 6.45) is 3.04. The highest BCUT2D eigenvalue weighted by atomic mass is 16.5. The first-order valence-corrected chi connectivity index (χ1v) is 10.4. The summed E-state index contributed by atoms with van der Waals surface area (Å²) < 4.78 is 5.35. The van der Waals surface area contributed by atoms with Gasteiger partial charge in [-0.15, -0.1) is 0 Å². The molecule has 0 N–H and O–H groups in total. The van der Waals surface area contributed by atoms with Crippen LogP contribution in [0.1, 0.15) is 56.0 Å². The molecule has 0 atom stereocenters. The van der Waals surface area contributed by atoms with E-state index in [0.29, 0.717) is 43.1 Å². The van der Waals surface area contributed by atoms with Gasteiger partial charge in [-0.25, -0.2) is 0 Å². The predicted octanol–water partition coefficient (Wildman–Crippen LogP) is 4.98. The van der Waals surface area contributed by atoms with Crippen LogP contribution in [0.5, 0.6) is 0 Å². The third-order valence-electron chi connectivity index (χ3n) is 5.36. The second-order valence-corrected chi connectivity index (χ2v) is 8.03. The minimum absolute atomic E-state index is 0.153. The van der Waals surface area contributed by atoms with Crippen LogP contribution >= 0.6 is 0 Å². The van der Waals surface area contributed by atoms with E-state index in [1.807, 2.05) is 35.2 Å². The summed E-state index contributed by atoms with van der Waals surface area (Å²) in [7, 11) is 0. The predicted molar refractivity (Wildman–Crippen MR) is 112 cm³/mol. The summed E-state index contributed by atoms with van der Waals surface area (Å²) in [5.74, 6) is 1.74. The maximum Gasteiger partial charge on any atom is 0.227 e. The standard InChI is InChI=1S/C24H27N3O2/c1-17(2)19-10-8-18(9-11-19)16-27(21-12-13-21)23(28)15-14-22-25-24(26-29-22)20-6-4-3-5-7-20/h3-11,17,21H,12-16H2,1-2H3. The molecule has 0 unspecified atom stereocenters. The largest absolute Gasteiger partial charge is 0.339 e. The van der Waals surface area contributed by atoms with Crippen molar-refractivity contribution in [2.24, 2.45) is 0 Å². The molecular weight excluding hydrogens is 362 g/mol. The van der Waals surface area contributed by atoms with Crippen molar-refractivity contribution in [3.63, 3.8) is 0 Å². The van der Waals surface area contributed by atoms with Crippen molar-refractivity contribution in [1.82, 2.24) is 15.0 Å². The quantitative estimate of drug-likeness (QED) is 0.545. The molecule has 1 heterocycles. The molecule has 29 heavy (non-hydrogen) atoms. The van der Waals surface area contributed by atoms with Crippen LogP contribution in [0.15, 0.2) is 59.1 Å². The molecule has 1 saturated carbocycles. The van der Waals surface area contributed by atoms with Crippen LogP contribution in [0.3, 0.4) is 0 Å². The van der Waals surface area contributed by atoms with Crippen molar-refractivity contribution in [3.05, 3.63) is 71.6 Å². The lowest BCUT2D eigenvalue weighted by molar-refractivity contribution is -0.132. The third kappa shape index (κ3) is 4.91. The first-order chi connectivity index (χ1) is 14.1. The van der Waals surface area contributed by atoms with Gasteiger partial charge < -0.3 is 9.42 Å². The molecule has 5 heteroatoms. The summed E-state index contributed by atoms with van der Waals surface area (Å²) in [6, 6.07) is 18.7. The second-order valence-electron chi connectivity index (χ2n) is 8.03. The molecule has 1 aliphatic rings. The third-order valence-corrected chi connectivity index (χ3v) is 5.36. The number of hydrogen-bond donors (Lipinski definition) is 0. The normalized spacial score (nSPS) is 13.6. The van der Waals surface area contributed by atoms with Gasteiger partial charge in [0.05, 0.1) is 0 Å². The lowest BCUT2D eigenvalue weighted by Gasteiger charge is -2.22. The van der Waals surface area contributed by atoms with Gasteiger partial charge in [-0.2, -0.15) is 4.98 Å². The molecular formula is C24H27N3O2. The number of rotatable bonds is 8. The van der Waals surface area contributed by atoms with Crippen LogP contribution in [0.25, 0.3) is 11.4 Å². The van der Waals surface area contributed by atoms with Crippen LogP contribution in [0.4, 0.5) is 0 Å². The van der Waals surface area contributed by atoms with Crippen LogP contribution in [0, 0.1) is 0 Å². The first-order valence-electron chi connectivity index (χ1n) is 10.4. The lowest BCUT2D eigenvalue weighted by Crippen LogP contribution is -2.32. The zero-order valence-corrected chi connectivity index (χ0v) is 17.0. The number of aryl methyl sites for hydroxylation is 1. The Labute approximate surface area is 171 Å². The highest BCUT2D eigenvalue weighted by Gasteiger charge is 2.32. The monoisotopic (exact) mass is 389 g/mol. The maximum absolute atomic E-state index is 12.9. The van der Waals surface area contributed by atoms with E-state index < -0.39 is 0 Å². The Morgan fingerprint density at radius 3 is 2.48 bits per heavy atom. The number of hydrogen-bond acceptors (Lipinski definition) is 4. The van der Waals surface area contributed by atoms with Crippen molar-refractivity contribution in [2.45, 2.75) is 58.0 Å². The fourth-order valence-electron chi connectivity index (χ4n) is 3.43. The van der Waals surface area contributed by atoms with Crippen molar-refractivity contribution < 1.29 is 9.32 Å². The number of aromatic nitrogens is 2. The van der Waals surface area contributed by atoms with Crippen LogP contribution in [0.2, 0.25) is 0 Å². The average Bonchev–Trinajstić information content (AvgIpc) is 3.48. The Bertz CT molecular complexity index is 944. The van der Waals surface area contributed by atoms with Crippen molar-refractivity contribution in [2.75, 3.05) is 0 Å². The smallest absolute Gasteiger partial charge is 0.227 e. The highest BCUT2D eigenvalue weighted by molar-refractivity contribution is 5.77. The van der Waals surface area contributed by atoms with E-state index in [4.69, 9.17) is 4.52 Å². The molecule has 0 bridgehead atoms. The van der Waals surface area contributed by atoms with E-state index in [9.17, 15) is 4.79 Å². The Balaban J connectivity index is 1.36. The van der Waals surface area contributed by atoms with E-state index >= 15 is 0 Å². The zero-order chi connectivity index (χ0) is 20.2. The van der Waals surface area contributed by atoms with Crippen LogP contribution in [-0.2, 0) is 17.8 Å². The number of benzene rings is 2. The topological polar surface area (TPSA) is 59.2 Å². The van der Waals surface area contributed by atoms with Gasteiger partial charge in [0, 0.05) is 31.0 Å². The van der Waals surface area contributed by atoms with Gasteiger partial charge in [-0.1, -0.05) is 73.6 Å². The molecule has 2 aromatic carbocycles. The van der Waals surface area contributed by atoms with E-state index in [1.165, 1.54) is 11.1 Å². The van der Waals surface area contributed by atoms with Gasteiger partial charge in [0.1, 0.15) is 0 Å². The van der Waals surface area contributed by atoms with Gasteiger partial charge in [0.25, 0.3) is 0 Å². The van der Waals surface area contributed by atoms with E-state index in [2.05, 4.69) is 48.3 Å². The molecule has 1 amide bonds. The van der Waals surface area contributed by atoms with Crippen molar-refractivity contribution >= 4 is 5.91 Å². The second kappa shape index (κ2) is 8.60. The van der Waals surface area contributed by atoms with Gasteiger partial charge >= 0.3 is 0 Å². The van der Waals surface area contributed by atoms with E-state index in [0.717, 1.165) is 18.4 Å². The van der Waals surface area contributed by atoms with Crippen LogP contribution < -0.4 is 0 Å². The number of nitrogens with zero attached hydrogens (tertiary/aromatic N) is 3.